The first-order valence-corrected chi connectivity index (χ1v) is 4.93. The maximum Gasteiger partial charge on any atom is 0.416 e. The molecular formula is C5H9F3O3S. The van der Waals surface area contributed by atoms with Crippen molar-refractivity contribution in [3.05, 3.63) is 0 Å². The van der Waals surface area contributed by atoms with Crippen molar-refractivity contribution in [2.24, 2.45) is 0 Å². The van der Waals surface area contributed by atoms with E-state index in [4.69, 9.17) is 0 Å². The number of hydrogen-bond donors (Lipinski definition) is 0. The number of alkyl halides is 3. The average Bonchev–Trinajstić information content (AvgIpc) is 1.78. The molecule has 0 bridgehead atoms. The fraction of sp³-hybridized carbons (Fsp3) is 1.00. The van der Waals surface area contributed by atoms with Gasteiger partial charge in [-0.2, -0.15) is 21.6 Å². The molecule has 0 aliphatic carbocycles. The molecular weight excluding hydrogens is 197 g/mol. The normalized spacial score (nSPS) is 16.1. The van der Waals surface area contributed by atoms with Crippen LogP contribution in [0.2, 0.25) is 0 Å². The van der Waals surface area contributed by atoms with Gasteiger partial charge in [0.1, 0.15) is 0 Å². The Morgan fingerprint density at radius 3 is 1.92 bits per heavy atom. The molecule has 0 saturated heterocycles. The lowest BCUT2D eigenvalue weighted by Gasteiger charge is -2.16. The van der Waals surface area contributed by atoms with Crippen LogP contribution in [0.4, 0.5) is 13.2 Å². The molecule has 1 atom stereocenters. The topological polar surface area (TPSA) is 43.4 Å². The van der Waals surface area contributed by atoms with Gasteiger partial charge in [-0.25, -0.2) is 0 Å². The van der Waals surface area contributed by atoms with Gasteiger partial charge < -0.3 is 0 Å². The summed E-state index contributed by atoms with van der Waals surface area (Å²) in [4.78, 5) is 0. The van der Waals surface area contributed by atoms with Gasteiger partial charge in [-0.05, 0) is 6.42 Å². The van der Waals surface area contributed by atoms with Gasteiger partial charge in [0.25, 0.3) is 10.1 Å². The van der Waals surface area contributed by atoms with Gasteiger partial charge in [0.15, 0.2) is 6.10 Å². The summed E-state index contributed by atoms with van der Waals surface area (Å²) < 4.78 is 60.0. The second kappa shape index (κ2) is 3.61. The highest BCUT2D eigenvalue weighted by molar-refractivity contribution is 7.86. The summed E-state index contributed by atoms with van der Waals surface area (Å²) in [5, 5.41) is 0. The van der Waals surface area contributed by atoms with E-state index in [1.165, 1.54) is 6.92 Å². The molecule has 1 unspecified atom stereocenters. The molecule has 0 aromatic heterocycles. The van der Waals surface area contributed by atoms with E-state index in [2.05, 4.69) is 4.18 Å². The van der Waals surface area contributed by atoms with Gasteiger partial charge in [-0.3, -0.25) is 4.18 Å². The fourth-order valence-corrected chi connectivity index (χ4v) is 1.23. The Kier molecular flexibility index (Phi) is 3.52. The van der Waals surface area contributed by atoms with Crippen molar-refractivity contribution in [2.45, 2.75) is 25.6 Å². The Hall–Kier alpha value is -0.300. The smallest absolute Gasteiger partial charge is 0.257 e. The third kappa shape index (κ3) is 4.55. The molecule has 7 heteroatoms. The van der Waals surface area contributed by atoms with Crippen LogP contribution in [-0.2, 0) is 14.3 Å². The Labute approximate surface area is 68.6 Å². The molecule has 0 radical (unpaired) electrons. The van der Waals surface area contributed by atoms with Gasteiger partial charge in [0, 0.05) is 0 Å². The highest BCUT2D eigenvalue weighted by Crippen LogP contribution is 2.25. The molecule has 12 heavy (non-hydrogen) atoms. The molecule has 0 saturated carbocycles. The lowest BCUT2D eigenvalue weighted by atomic mass is 10.3. The van der Waals surface area contributed by atoms with Gasteiger partial charge in [0.05, 0.1) is 6.26 Å². The molecule has 0 aromatic rings. The zero-order chi connectivity index (χ0) is 9.99. The van der Waals surface area contributed by atoms with Crippen LogP contribution in [0.1, 0.15) is 13.3 Å². The van der Waals surface area contributed by atoms with Gasteiger partial charge in [0.2, 0.25) is 0 Å². The minimum absolute atomic E-state index is 0.420. The third-order valence-corrected chi connectivity index (χ3v) is 1.61. The largest absolute Gasteiger partial charge is 0.416 e. The van der Waals surface area contributed by atoms with Crippen molar-refractivity contribution in [3.63, 3.8) is 0 Å². The molecule has 3 nitrogen and oxygen atoms in total. The summed E-state index contributed by atoms with van der Waals surface area (Å²) in [7, 11) is -4.04. The number of halogens is 3. The van der Waals surface area contributed by atoms with E-state index in [-0.39, 0.29) is 0 Å². The van der Waals surface area contributed by atoms with Gasteiger partial charge in [-0.15, -0.1) is 0 Å². The predicted octanol–water partition coefficient (Wildman–Crippen LogP) is 1.30. The lowest BCUT2D eigenvalue weighted by Crippen LogP contribution is -2.32. The van der Waals surface area contributed by atoms with E-state index >= 15 is 0 Å². The maximum absolute atomic E-state index is 11.9. The summed E-state index contributed by atoms with van der Waals surface area (Å²) in [6, 6.07) is 0. The summed E-state index contributed by atoms with van der Waals surface area (Å²) >= 11 is 0. The second-order valence-corrected chi connectivity index (χ2v) is 3.84. The number of hydrogen-bond acceptors (Lipinski definition) is 3. The fourth-order valence-electron chi connectivity index (χ4n) is 0.565. The third-order valence-electron chi connectivity index (χ3n) is 1.03. The Bertz CT molecular complexity index is 231. The van der Waals surface area contributed by atoms with Crippen LogP contribution in [0.3, 0.4) is 0 Å². The monoisotopic (exact) mass is 206 g/mol. The van der Waals surface area contributed by atoms with Crippen molar-refractivity contribution in [3.8, 4) is 0 Å². The second-order valence-electron chi connectivity index (χ2n) is 2.24. The Morgan fingerprint density at radius 1 is 1.42 bits per heavy atom. The highest BCUT2D eigenvalue weighted by Gasteiger charge is 2.41. The van der Waals surface area contributed by atoms with Crippen LogP contribution in [0.25, 0.3) is 0 Å². The summed E-state index contributed by atoms with van der Waals surface area (Å²) in [5.74, 6) is 0. The van der Waals surface area contributed by atoms with Crippen LogP contribution in [0.5, 0.6) is 0 Å². The van der Waals surface area contributed by atoms with Crippen molar-refractivity contribution in [2.75, 3.05) is 6.26 Å². The summed E-state index contributed by atoms with van der Waals surface area (Å²) in [6.45, 7) is 1.20. The van der Waals surface area contributed by atoms with E-state index in [1.54, 1.807) is 0 Å². The van der Waals surface area contributed by atoms with Crippen molar-refractivity contribution in [1.29, 1.82) is 0 Å². The zero-order valence-corrected chi connectivity index (χ0v) is 7.37. The zero-order valence-electron chi connectivity index (χ0n) is 6.55. The standard InChI is InChI=1S/C5H9F3O3S/c1-3-4(5(6,7)8)11-12(2,9)10/h4H,3H2,1-2H3. The SMILES string of the molecule is CCC(OS(C)(=O)=O)C(F)(F)F. The minimum Gasteiger partial charge on any atom is -0.257 e. The Balaban J connectivity index is 4.41. The quantitative estimate of drug-likeness (QED) is 0.654. The van der Waals surface area contributed by atoms with Crippen LogP contribution < -0.4 is 0 Å². The van der Waals surface area contributed by atoms with Crippen LogP contribution in [0.15, 0.2) is 0 Å². The molecule has 0 rings (SSSR count). The minimum atomic E-state index is -4.63. The summed E-state index contributed by atoms with van der Waals surface area (Å²) in [5.41, 5.74) is 0. The van der Waals surface area contributed by atoms with Crippen molar-refractivity contribution < 1.29 is 25.8 Å². The van der Waals surface area contributed by atoms with E-state index in [1.807, 2.05) is 0 Å². The van der Waals surface area contributed by atoms with Crippen LogP contribution >= 0.6 is 0 Å². The van der Waals surface area contributed by atoms with E-state index in [9.17, 15) is 21.6 Å². The van der Waals surface area contributed by atoms with Gasteiger partial charge >= 0.3 is 6.18 Å². The van der Waals surface area contributed by atoms with Gasteiger partial charge in [-0.1, -0.05) is 6.92 Å². The summed E-state index contributed by atoms with van der Waals surface area (Å²) in [6.07, 6.45) is -6.69. The molecule has 0 aliphatic rings. The van der Waals surface area contributed by atoms with Crippen LogP contribution in [-0.4, -0.2) is 27.0 Å². The first-order valence-electron chi connectivity index (χ1n) is 3.11. The van der Waals surface area contributed by atoms with Crippen LogP contribution in [0, 0.1) is 0 Å². The maximum atomic E-state index is 11.9. The first-order chi connectivity index (χ1) is 5.17. The first kappa shape index (κ1) is 11.7. The van der Waals surface area contributed by atoms with Crippen molar-refractivity contribution >= 4 is 10.1 Å². The molecule has 0 heterocycles. The molecule has 0 spiro atoms. The molecule has 0 aromatic carbocycles. The molecule has 0 N–H and O–H groups in total. The number of rotatable bonds is 3. The molecule has 0 aliphatic heterocycles. The van der Waals surface area contributed by atoms with E-state index in [0.717, 1.165) is 0 Å². The lowest BCUT2D eigenvalue weighted by molar-refractivity contribution is -0.194. The van der Waals surface area contributed by atoms with E-state index in [0.29, 0.717) is 6.26 Å². The molecule has 74 valence electrons. The average molecular weight is 206 g/mol. The molecule has 0 amide bonds. The van der Waals surface area contributed by atoms with E-state index < -0.39 is 28.8 Å². The highest BCUT2D eigenvalue weighted by atomic mass is 32.2. The predicted molar refractivity (Wildman–Crippen MR) is 36.1 cm³/mol. The van der Waals surface area contributed by atoms with Crippen molar-refractivity contribution in [1.82, 2.24) is 0 Å². The molecule has 0 fully saturated rings. The Morgan fingerprint density at radius 2 is 1.83 bits per heavy atom.